The number of hydrogen-bond acceptors (Lipinski definition) is 4. The first-order valence-electron chi connectivity index (χ1n) is 2.30. The summed E-state index contributed by atoms with van der Waals surface area (Å²) in [5.74, 6) is 0. The molecule has 4 nitrogen and oxygen atoms in total. The van der Waals surface area contributed by atoms with Crippen LogP contribution in [0.25, 0.3) is 0 Å². The van der Waals surface area contributed by atoms with Gasteiger partial charge in [0.25, 0.3) is 0 Å². The smallest absolute Gasteiger partial charge is 1.00 e. The minimum absolute atomic E-state index is 0. The van der Waals surface area contributed by atoms with Gasteiger partial charge >= 0.3 is 19.5 Å². The van der Waals surface area contributed by atoms with Gasteiger partial charge in [0.15, 0.2) is 0 Å². The number of rotatable bonds is 3. The van der Waals surface area contributed by atoms with Gasteiger partial charge in [-0.25, -0.2) is 0 Å². The number of aliphatic hydroxyl groups excluding tert-OH is 4. The van der Waals surface area contributed by atoms with Crippen LogP contribution in [0.2, 0.25) is 0 Å². The van der Waals surface area contributed by atoms with Crippen molar-refractivity contribution < 1.29 is 64.7 Å². The van der Waals surface area contributed by atoms with Gasteiger partial charge in [-0.3, -0.25) is 0 Å². The monoisotopic (exact) mass is 256 g/mol. The van der Waals surface area contributed by atoms with Gasteiger partial charge in [-0.1, -0.05) is 0 Å². The van der Waals surface area contributed by atoms with Crippen molar-refractivity contribution in [1.82, 2.24) is 0 Å². The first kappa shape index (κ1) is 22.7. The van der Waals surface area contributed by atoms with E-state index in [-0.39, 0.29) is 44.3 Å². The Morgan fingerprint density at radius 1 is 0.818 bits per heavy atom. The molecule has 0 bridgehead atoms. The van der Waals surface area contributed by atoms with Crippen molar-refractivity contribution in [3.05, 3.63) is 0 Å². The molecular weight excluding hydrogens is 248 g/mol. The summed E-state index contributed by atoms with van der Waals surface area (Å²) in [5.41, 5.74) is 0. The van der Waals surface area contributed by atoms with Crippen LogP contribution in [0, 0.1) is 0 Å². The van der Waals surface area contributed by atoms with Crippen molar-refractivity contribution in [1.29, 1.82) is 0 Å². The Morgan fingerprint density at radius 2 is 1.00 bits per heavy atom. The summed E-state index contributed by atoms with van der Waals surface area (Å²) in [6.45, 7) is -1.05. The topological polar surface area (TPSA) is 80.9 Å². The molecule has 2 atom stereocenters. The van der Waals surface area contributed by atoms with Crippen LogP contribution < -0.4 is 24.8 Å². The summed E-state index contributed by atoms with van der Waals surface area (Å²) in [6.07, 6.45) is -2.44. The maximum absolute atomic E-state index is 8.47. The van der Waals surface area contributed by atoms with Crippen LogP contribution in [0.15, 0.2) is 0 Å². The molecule has 0 aromatic rings. The molecule has 0 unspecified atom stereocenters. The minimum atomic E-state index is -1.22. The Balaban J connectivity index is -0.0000000817. The third-order valence-electron chi connectivity index (χ3n) is 0.818. The average Bonchev–Trinajstić information content (AvgIpc) is 1.84. The predicted molar refractivity (Wildman–Crippen MR) is 26.2 cm³/mol. The molecule has 4 N–H and O–H groups in total. The summed E-state index contributed by atoms with van der Waals surface area (Å²) >= 11 is 0. The molecule has 0 aliphatic heterocycles. The Hall–Kier alpha value is 1.04. The van der Waals surface area contributed by atoms with E-state index in [1.54, 1.807) is 0 Å². The van der Waals surface area contributed by atoms with Crippen LogP contribution in [0.3, 0.4) is 0 Å². The molecule has 0 saturated heterocycles. The first-order chi connectivity index (χ1) is 3.72. The van der Waals surface area contributed by atoms with Gasteiger partial charge in [-0.2, -0.15) is 0 Å². The summed E-state index contributed by atoms with van der Waals surface area (Å²) < 4.78 is 0. The van der Waals surface area contributed by atoms with Crippen LogP contribution in [0.1, 0.15) is 0 Å². The van der Waals surface area contributed by atoms with Crippen molar-refractivity contribution in [3.63, 3.8) is 0 Å². The van der Waals surface area contributed by atoms with Crippen LogP contribution in [0.4, 0.5) is 0 Å². The second-order valence-electron chi connectivity index (χ2n) is 1.50. The molecule has 7 heteroatoms. The Labute approximate surface area is 90.2 Å². The van der Waals surface area contributed by atoms with E-state index >= 15 is 0 Å². The normalized spacial score (nSPS) is 13.1. The van der Waals surface area contributed by atoms with E-state index in [1.165, 1.54) is 0 Å². The third-order valence-corrected chi connectivity index (χ3v) is 0.818. The van der Waals surface area contributed by atoms with Crippen LogP contribution in [0.5, 0.6) is 0 Å². The third kappa shape index (κ3) is 11.0. The van der Waals surface area contributed by atoms with Gasteiger partial charge in [0.1, 0.15) is 12.2 Å². The predicted octanol–water partition coefficient (Wildman–Crippen LogP) is -8.30. The molecular formula is C4H10Cl2O4Zn. The second kappa shape index (κ2) is 13.6. The second-order valence-corrected chi connectivity index (χ2v) is 1.50. The molecule has 0 radical (unpaired) electrons. The van der Waals surface area contributed by atoms with E-state index in [0.29, 0.717) is 0 Å². The molecule has 0 saturated carbocycles. The maximum Gasteiger partial charge on any atom is 2.00 e. The minimum Gasteiger partial charge on any atom is -1.00 e. The summed E-state index contributed by atoms with van der Waals surface area (Å²) in [7, 11) is 0. The fraction of sp³-hybridized carbons (Fsp3) is 1.00. The van der Waals surface area contributed by atoms with Gasteiger partial charge in [0.05, 0.1) is 13.2 Å². The molecule has 0 amide bonds. The van der Waals surface area contributed by atoms with E-state index in [1.807, 2.05) is 0 Å². The van der Waals surface area contributed by atoms with Crippen LogP contribution in [-0.4, -0.2) is 45.8 Å². The van der Waals surface area contributed by atoms with Gasteiger partial charge in [0.2, 0.25) is 0 Å². The molecule has 0 spiro atoms. The molecule has 0 aromatic carbocycles. The Bertz CT molecular complexity index is 60.1. The number of hydrogen-bond donors (Lipinski definition) is 4. The van der Waals surface area contributed by atoms with Crippen LogP contribution in [-0.2, 0) is 19.5 Å². The van der Waals surface area contributed by atoms with Crippen LogP contribution >= 0.6 is 0 Å². The molecule has 66 valence electrons. The van der Waals surface area contributed by atoms with E-state index in [2.05, 4.69) is 0 Å². The van der Waals surface area contributed by atoms with Crippen molar-refractivity contribution in [3.8, 4) is 0 Å². The van der Waals surface area contributed by atoms with E-state index in [9.17, 15) is 0 Å². The van der Waals surface area contributed by atoms with Crippen molar-refractivity contribution in [2.45, 2.75) is 12.2 Å². The van der Waals surface area contributed by atoms with E-state index < -0.39 is 25.4 Å². The molecule has 0 aliphatic carbocycles. The average molecular weight is 258 g/mol. The molecule has 0 rings (SSSR count). The van der Waals surface area contributed by atoms with Crippen molar-refractivity contribution in [2.24, 2.45) is 0 Å². The zero-order valence-electron chi connectivity index (χ0n) is 5.82. The zero-order chi connectivity index (χ0) is 6.57. The Morgan fingerprint density at radius 3 is 1.09 bits per heavy atom. The van der Waals surface area contributed by atoms with E-state index in [0.717, 1.165) is 0 Å². The van der Waals surface area contributed by atoms with Gasteiger partial charge in [-0.15, -0.1) is 0 Å². The Kier molecular flexibility index (Phi) is 28.1. The number of halogens is 2. The molecule has 0 fully saturated rings. The zero-order valence-corrected chi connectivity index (χ0v) is 10.3. The fourth-order valence-corrected chi connectivity index (χ4v) is 0.243. The molecule has 0 heterocycles. The fourth-order valence-electron chi connectivity index (χ4n) is 0.243. The molecule has 0 aromatic heterocycles. The quantitative estimate of drug-likeness (QED) is 0.379. The van der Waals surface area contributed by atoms with Gasteiger partial charge in [0, 0.05) is 0 Å². The summed E-state index contributed by atoms with van der Waals surface area (Å²) in [6, 6.07) is 0. The maximum atomic E-state index is 8.47. The summed E-state index contributed by atoms with van der Waals surface area (Å²) in [4.78, 5) is 0. The first-order valence-corrected chi connectivity index (χ1v) is 2.30. The van der Waals surface area contributed by atoms with E-state index in [4.69, 9.17) is 20.4 Å². The van der Waals surface area contributed by atoms with Crippen molar-refractivity contribution >= 4 is 0 Å². The van der Waals surface area contributed by atoms with Gasteiger partial charge in [-0.05, 0) is 0 Å². The van der Waals surface area contributed by atoms with Crippen molar-refractivity contribution in [2.75, 3.05) is 13.2 Å². The standard InChI is InChI=1S/C4H10O4.2ClH.Zn/c5-1-3(7)4(8)2-6;;;/h3-8H,1-2H2;2*1H;/q;;;+2/p-2/t3-,4+;;;. The summed E-state index contributed by atoms with van der Waals surface area (Å²) in [5, 5.41) is 33.2. The SMILES string of the molecule is OC[C@@H](O)[C@@H](O)CO.[Cl-].[Cl-].[Zn+2]. The molecule has 0 aliphatic rings. The number of aliphatic hydroxyl groups is 4. The van der Waals surface area contributed by atoms with Gasteiger partial charge < -0.3 is 45.2 Å². The largest absolute Gasteiger partial charge is 2.00 e. The molecule has 11 heavy (non-hydrogen) atoms.